The minimum atomic E-state index is -0.125. The largest absolute Gasteiger partial charge is 0.349 e. The molecule has 0 saturated carbocycles. The van der Waals surface area contributed by atoms with Crippen molar-refractivity contribution in [3.05, 3.63) is 33.8 Å². The maximum absolute atomic E-state index is 12.5. The molecule has 0 bridgehead atoms. The zero-order valence-electron chi connectivity index (χ0n) is 12.1. The summed E-state index contributed by atoms with van der Waals surface area (Å²) in [5, 5.41) is 0.785. The lowest BCUT2D eigenvalue weighted by molar-refractivity contribution is -0.134. The second-order valence-corrected chi connectivity index (χ2v) is 6.27. The molecule has 1 unspecified atom stereocenters. The molecule has 1 atom stereocenters. The van der Waals surface area contributed by atoms with Gasteiger partial charge >= 0.3 is 0 Å². The Hall–Kier alpha value is -1.26. The maximum atomic E-state index is 12.5. The van der Waals surface area contributed by atoms with Crippen molar-refractivity contribution in [3.8, 4) is 0 Å². The van der Waals surface area contributed by atoms with Gasteiger partial charge < -0.3 is 9.80 Å². The van der Waals surface area contributed by atoms with Crippen LogP contribution >= 0.6 is 23.2 Å². The van der Waals surface area contributed by atoms with Crippen LogP contribution in [0.2, 0.25) is 10.0 Å². The highest BCUT2D eigenvalue weighted by Crippen LogP contribution is 2.25. The van der Waals surface area contributed by atoms with E-state index in [0.717, 1.165) is 12.8 Å². The second-order valence-electron chi connectivity index (χ2n) is 5.45. The SMILES string of the molecule is CN(C)C(=O)C1CCCN(C(=O)c2ccc(Cl)c(Cl)c2)C1. The summed E-state index contributed by atoms with van der Waals surface area (Å²) in [6.45, 7) is 1.12. The predicted octanol–water partition coefficient (Wildman–Crippen LogP) is 2.93. The molecule has 114 valence electrons. The molecular formula is C15H18Cl2N2O2. The van der Waals surface area contributed by atoms with Crippen LogP contribution in [0.15, 0.2) is 18.2 Å². The molecule has 1 heterocycles. The van der Waals surface area contributed by atoms with Gasteiger partial charge in [-0.05, 0) is 31.0 Å². The van der Waals surface area contributed by atoms with Gasteiger partial charge in [0.1, 0.15) is 0 Å². The molecule has 1 aromatic rings. The van der Waals surface area contributed by atoms with Crippen molar-refractivity contribution in [2.45, 2.75) is 12.8 Å². The highest BCUT2D eigenvalue weighted by Gasteiger charge is 2.29. The number of hydrogen-bond acceptors (Lipinski definition) is 2. The van der Waals surface area contributed by atoms with Gasteiger partial charge in [-0.1, -0.05) is 23.2 Å². The second kappa shape index (κ2) is 6.67. The number of likely N-dealkylation sites (tertiary alicyclic amines) is 1. The third-order valence-electron chi connectivity index (χ3n) is 3.67. The molecule has 0 radical (unpaired) electrons. The normalized spacial score (nSPS) is 18.5. The molecule has 2 rings (SSSR count). The van der Waals surface area contributed by atoms with E-state index in [1.54, 1.807) is 42.1 Å². The van der Waals surface area contributed by atoms with Gasteiger partial charge in [-0.3, -0.25) is 9.59 Å². The quantitative estimate of drug-likeness (QED) is 0.837. The third kappa shape index (κ3) is 3.69. The standard InChI is InChI=1S/C15H18Cl2N2O2/c1-18(2)14(20)11-4-3-7-19(9-11)15(21)10-5-6-12(16)13(17)8-10/h5-6,8,11H,3-4,7,9H2,1-2H3. The van der Waals surface area contributed by atoms with E-state index >= 15 is 0 Å². The van der Waals surface area contributed by atoms with E-state index in [-0.39, 0.29) is 17.7 Å². The van der Waals surface area contributed by atoms with Crippen LogP contribution in [0, 0.1) is 5.92 Å². The van der Waals surface area contributed by atoms with E-state index in [0.29, 0.717) is 28.7 Å². The molecule has 1 saturated heterocycles. The molecule has 4 nitrogen and oxygen atoms in total. The molecule has 0 N–H and O–H groups in total. The first-order valence-corrected chi connectivity index (χ1v) is 7.61. The van der Waals surface area contributed by atoms with Gasteiger partial charge in [-0.25, -0.2) is 0 Å². The zero-order chi connectivity index (χ0) is 15.6. The average molecular weight is 329 g/mol. The maximum Gasteiger partial charge on any atom is 0.253 e. The van der Waals surface area contributed by atoms with Crippen LogP contribution in [0.4, 0.5) is 0 Å². The molecule has 21 heavy (non-hydrogen) atoms. The van der Waals surface area contributed by atoms with Crippen molar-refractivity contribution in [3.63, 3.8) is 0 Å². The summed E-state index contributed by atoms with van der Waals surface area (Å²) in [5.41, 5.74) is 0.502. The molecule has 0 spiro atoms. The van der Waals surface area contributed by atoms with Crippen molar-refractivity contribution in [2.24, 2.45) is 5.92 Å². The van der Waals surface area contributed by atoms with Crippen molar-refractivity contribution in [1.29, 1.82) is 0 Å². The Morgan fingerprint density at radius 2 is 1.95 bits per heavy atom. The Kier molecular flexibility index (Phi) is 5.12. The van der Waals surface area contributed by atoms with E-state index in [2.05, 4.69) is 0 Å². The number of amides is 2. The molecule has 1 fully saturated rings. The van der Waals surface area contributed by atoms with Crippen molar-refractivity contribution >= 4 is 35.0 Å². The lowest BCUT2D eigenvalue weighted by Gasteiger charge is -2.33. The summed E-state index contributed by atoms with van der Waals surface area (Å²) in [5.74, 6) is -0.160. The number of rotatable bonds is 2. The fraction of sp³-hybridized carbons (Fsp3) is 0.467. The number of benzene rings is 1. The van der Waals surface area contributed by atoms with Crippen molar-refractivity contribution in [2.75, 3.05) is 27.2 Å². The molecule has 1 aliphatic rings. The molecule has 1 aliphatic heterocycles. The van der Waals surface area contributed by atoms with Crippen LogP contribution < -0.4 is 0 Å². The Balaban J connectivity index is 2.11. The molecule has 6 heteroatoms. The minimum Gasteiger partial charge on any atom is -0.349 e. The van der Waals surface area contributed by atoms with E-state index in [9.17, 15) is 9.59 Å². The van der Waals surface area contributed by atoms with Crippen LogP contribution in [0.25, 0.3) is 0 Å². The van der Waals surface area contributed by atoms with Gasteiger partial charge in [-0.2, -0.15) is 0 Å². The Bertz CT molecular complexity index is 561. The fourth-order valence-electron chi connectivity index (χ4n) is 2.54. The zero-order valence-corrected chi connectivity index (χ0v) is 13.6. The van der Waals surface area contributed by atoms with Gasteiger partial charge in [0.15, 0.2) is 0 Å². The fourth-order valence-corrected chi connectivity index (χ4v) is 2.84. The lowest BCUT2D eigenvalue weighted by atomic mass is 9.96. The van der Waals surface area contributed by atoms with Gasteiger partial charge in [0, 0.05) is 32.7 Å². The summed E-state index contributed by atoms with van der Waals surface area (Å²) in [6, 6.07) is 4.85. The summed E-state index contributed by atoms with van der Waals surface area (Å²) in [7, 11) is 3.48. The predicted molar refractivity (Wildman–Crippen MR) is 83.8 cm³/mol. The first-order valence-electron chi connectivity index (χ1n) is 6.85. The van der Waals surface area contributed by atoms with Crippen LogP contribution in [0.5, 0.6) is 0 Å². The molecule has 0 aromatic heterocycles. The van der Waals surface area contributed by atoms with Crippen LogP contribution in [0.3, 0.4) is 0 Å². The third-order valence-corrected chi connectivity index (χ3v) is 4.40. The number of carbonyl (C=O) groups excluding carboxylic acids is 2. The Labute approximate surface area is 134 Å². The Morgan fingerprint density at radius 3 is 2.57 bits per heavy atom. The average Bonchev–Trinajstić information content (AvgIpc) is 2.48. The van der Waals surface area contributed by atoms with Crippen LogP contribution in [-0.4, -0.2) is 48.8 Å². The van der Waals surface area contributed by atoms with E-state index in [1.807, 2.05) is 0 Å². The summed E-state index contributed by atoms with van der Waals surface area (Å²) in [4.78, 5) is 27.8. The van der Waals surface area contributed by atoms with Gasteiger partial charge in [0.2, 0.25) is 5.91 Å². The van der Waals surface area contributed by atoms with Crippen LogP contribution in [-0.2, 0) is 4.79 Å². The lowest BCUT2D eigenvalue weighted by Crippen LogP contribution is -2.45. The number of carbonyl (C=O) groups is 2. The smallest absolute Gasteiger partial charge is 0.253 e. The molecule has 0 aliphatic carbocycles. The van der Waals surface area contributed by atoms with Crippen molar-refractivity contribution in [1.82, 2.24) is 9.80 Å². The molecule has 1 aromatic carbocycles. The van der Waals surface area contributed by atoms with E-state index in [1.165, 1.54) is 0 Å². The number of hydrogen-bond donors (Lipinski definition) is 0. The highest BCUT2D eigenvalue weighted by atomic mass is 35.5. The van der Waals surface area contributed by atoms with Gasteiger partial charge in [0.25, 0.3) is 5.91 Å². The van der Waals surface area contributed by atoms with E-state index < -0.39 is 0 Å². The Morgan fingerprint density at radius 1 is 1.24 bits per heavy atom. The first kappa shape index (κ1) is 16.1. The van der Waals surface area contributed by atoms with Gasteiger partial charge in [0.05, 0.1) is 16.0 Å². The van der Waals surface area contributed by atoms with Crippen molar-refractivity contribution < 1.29 is 9.59 Å². The monoisotopic (exact) mass is 328 g/mol. The van der Waals surface area contributed by atoms with E-state index in [4.69, 9.17) is 23.2 Å². The molecular weight excluding hydrogens is 311 g/mol. The first-order chi connectivity index (χ1) is 9.90. The number of nitrogens with zero attached hydrogens (tertiary/aromatic N) is 2. The van der Waals surface area contributed by atoms with Crippen LogP contribution in [0.1, 0.15) is 23.2 Å². The number of piperidine rings is 1. The summed E-state index contributed by atoms with van der Waals surface area (Å²) in [6.07, 6.45) is 1.65. The summed E-state index contributed by atoms with van der Waals surface area (Å²) >= 11 is 11.8. The minimum absolute atomic E-state index is 0.0710. The number of halogens is 2. The highest BCUT2D eigenvalue weighted by molar-refractivity contribution is 6.42. The molecule has 2 amide bonds. The topological polar surface area (TPSA) is 40.6 Å². The van der Waals surface area contributed by atoms with Gasteiger partial charge in [-0.15, -0.1) is 0 Å². The summed E-state index contributed by atoms with van der Waals surface area (Å²) < 4.78 is 0.